The maximum atomic E-state index is 11.9. The van der Waals surface area contributed by atoms with E-state index in [-0.39, 0.29) is 18.6 Å². The number of aryl methyl sites for hydroxylation is 2. The molecule has 3 nitrogen and oxygen atoms in total. The first-order chi connectivity index (χ1) is 9.19. The molecule has 1 aromatic rings. The molecule has 0 radical (unpaired) electrons. The Kier molecular flexibility index (Phi) is 4.97. The normalized spacial score (nSPS) is 16.1. The summed E-state index contributed by atoms with van der Waals surface area (Å²) in [5.74, 6) is 0.696. The van der Waals surface area contributed by atoms with Crippen LogP contribution in [0.5, 0.6) is 0 Å². The zero-order valence-electron chi connectivity index (χ0n) is 11.6. The summed E-state index contributed by atoms with van der Waals surface area (Å²) < 4.78 is 0. The van der Waals surface area contributed by atoms with E-state index < -0.39 is 0 Å². The van der Waals surface area contributed by atoms with Gasteiger partial charge in [0.1, 0.15) is 0 Å². The summed E-state index contributed by atoms with van der Waals surface area (Å²) in [6, 6.07) is 8.48. The van der Waals surface area contributed by atoms with Crippen LogP contribution in [0.3, 0.4) is 0 Å². The van der Waals surface area contributed by atoms with Gasteiger partial charge in [-0.2, -0.15) is 0 Å². The highest BCUT2D eigenvalue weighted by atomic mass is 16.3. The highest BCUT2D eigenvalue weighted by Crippen LogP contribution is 2.33. The lowest BCUT2D eigenvalue weighted by Gasteiger charge is -2.17. The summed E-state index contributed by atoms with van der Waals surface area (Å²) in [6.07, 6.45) is 4.35. The lowest BCUT2D eigenvalue weighted by atomic mass is 10.1. The van der Waals surface area contributed by atoms with Crippen LogP contribution in [0.2, 0.25) is 0 Å². The maximum Gasteiger partial charge on any atom is 0.220 e. The number of carbonyl (C=O) groups excluding carboxylic acids is 1. The van der Waals surface area contributed by atoms with Crippen molar-refractivity contribution in [3.05, 3.63) is 35.4 Å². The number of hydrogen-bond acceptors (Lipinski definition) is 2. The molecular formula is C16H23NO2. The van der Waals surface area contributed by atoms with Gasteiger partial charge in [-0.15, -0.1) is 0 Å². The first kappa shape index (κ1) is 14.1. The Morgan fingerprint density at radius 2 is 2.05 bits per heavy atom. The molecule has 0 aromatic heterocycles. The summed E-state index contributed by atoms with van der Waals surface area (Å²) in [7, 11) is 0. The van der Waals surface area contributed by atoms with E-state index in [4.69, 9.17) is 5.11 Å². The third kappa shape index (κ3) is 4.67. The van der Waals surface area contributed by atoms with Gasteiger partial charge < -0.3 is 10.4 Å². The van der Waals surface area contributed by atoms with E-state index in [0.29, 0.717) is 18.8 Å². The van der Waals surface area contributed by atoms with Crippen molar-refractivity contribution < 1.29 is 9.90 Å². The Labute approximate surface area is 115 Å². The van der Waals surface area contributed by atoms with Crippen molar-refractivity contribution in [2.75, 3.05) is 6.61 Å². The van der Waals surface area contributed by atoms with Crippen molar-refractivity contribution in [3.63, 3.8) is 0 Å². The lowest BCUT2D eigenvalue weighted by Crippen LogP contribution is -2.37. The van der Waals surface area contributed by atoms with Gasteiger partial charge in [0.25, 0.3) is 0 Å². The molecule has 104 valence electrons. The SMILES string of the molecule is Cc1ccc(CCC(=O)NC(CCO)C2CC2)cc1. The zero-order valence-corrected chi connectivity index (χ0v) is 11.6. The second-order valence-electron chi connectivity index (χ2n) is 5.51. The molecule has 1 saturated carbocycles. The van der Waals surface area contributed by atoms with E-state index in [9.17, 15) is 4.79 Å². The van der Waals surface area contributed by atoms with Crippen LogP contribution in [0.4, 0.5) is 0 Å². The molecule has 0 saturated heterocycles. The predicted octanol–water partition coefficient (Wildman–Crippen LogP) is 2.20. The fourth-order valence-electron chi connectivity index (χ4n) is 2.35. The molecule has 0 spiro atoms. The molecule has 0 aliphatic heterocycles. The number of benzene rings is 1. The van der Waals surface area contributed by atoms with Crippen LogP contribution < -0.4 is 5.32 Å². The molecule has 1 aromatic carbocycles. The molecule has 19 heavy (non-hydrogen) atoms. The van der Waals surface area contributed by atoms with Crippen molar-refractivity contribution in [1.82, 2.24) is 5.32 Å². The van der Waals surface area contributed by atoms with Crippen molar-refractivity contribution in [2.24, 2.45) is 5.92 Å². The quantitative estimate of drug-likeness (QED) is 0.790. The highest BCUT2D eigenvalue weighted by Gasteiger charge is 2.31. The lowest BCUT2D eigenvalue weighted by molar-refractivity contribution is -0.122. The summed E-state index contributed by atoms with van der Waals surface area (Å²) >= 11 is 0. The van der Waals surface area contributed by atoms with Gasteiger partial charge in [-0.3, -0.25) is 4.79 Å². The molecule has 0 bridgehead atoms. The molecule has 1 unspecified atom stereocenters. The van der Waals surface area contributed by atoms with E-state index >= 15 is 0 Å². The van der Waals surface area contributed by atoms with E-state index in [0.717, 1.165) is 6.42 Å². The molecule has 3 heteroatoms. The summed E-state index contributed by atoms with van der Waals surface area (Å²) in [4.78, 5) is 11.9. The summed E-state index contributed by atoms with van der Waals surface area (Å²) in [5, 5.41) is 12.1. The average Bonchev–Trinajstić information content (AvgIpc) is 3.22. The zero-order chi connectivity index (χ0) is 13.7. The molecule has 1 atom stereocenters. The van der Waals surface area contributed by atoms with Gasteiger partial charge in [-0.25, -0.2) is 0 Å². The van der Waals surface area contributed by atoms with Gasteiger partial charge in [0.05, 0.1) is 0 Å². The van der Waals surface area contributed by atoms with E-state index in [1.807, 2.05) is 0 Å². The van der Waals surface area contributed by atoms with Crippen LogP contribution >= 0.6 is 0 Å². The highest BCUT2D eigenvalue weighted by molar-refractivity contribution is 5.76. The van der Waals surface area contributed by atoms with Crippen LogP contribution in [0, 0.1) is 12.8 Å². The van der Waals surface area contributed by atoms with Gasteiger partial charge in [0.15, 0.2) is 0 Å². The Morgan fingerprint density at radius 3 is 2.63 bits per heavy atom. The second-order valence-corrected chi connectivity index (χ2v) is 5.51. The van der Waals surface area contributed by atoms with Gasteiger partial charge >= 0.3 is 0 Å². The Bertz CT molecular complexity index is 409. The number of hydrogen-bond donors (Lipinski definition) is 2. The van der Waals surface area contributed by atoms with Crippen LogP contribution in [0.25, 0.3) is 0 Å². The van der Waals surface area contributed by atoms with Crippen LogP contribution in [-0.4, -0.2) is 23.7 Å². The van der Waals surface area contributed by atoms with Gasteiger partial charge in [0, 0.05) is 19.1 Å². The van der Waals surface area contributed by atoms with Crippen molar-refractivity contribution in [2.45, 2.75) is 45.1 Å². The minimum absolute atomic E-state index is 0.103. The largest absolute Gasteiger partial charge is 0.396 e. The molecule has 2 N–H and O–H groups in total. The number of carbonyl (C=O) groups is 1. The summed E-state index contributed by atoms with van der Waals surface area (Å²) in [6.45, 7) is 2.21. The number of nitrogens with one attached hydrogen (secondary N) is 1. The third-order valence-electron chi connectivity index (χ3n) is 3.74. The molecule has 1 fully saturated rings. The second kappa shape index (κ2) is 6.71. The Hall–Kier alpha value is -1.35. The monoisotopic (exact) mass is 261 g/mol. The number of aliphatic hydroxyl groups excluding tert-OH is 1. The van der Waals surface area contributed by atoms with E-state index in [1.54, 1.807) is 0 Å². The Morgan fingerprint density at radius 1 is 1.37 bits per heavy atom. The maximum absolute atomic E-state index is 11.9. The van der Waals surface area contributed by atoms with Gasteiger partial charge in [0.2, 0.25) is 5.91 Å². The molecule has 0 heterocycles. The van der Waals surface area contributed by atoms with Crippen molar-refractivity contribution >= 4 is 5.91 Å². The van der Waals surface area contributed by atoms with Gasteiger partial charge in [-0.05, 0) is 44.1 Å². The van der Waals surface area contributed by atoms with E-state index in [1.165, 1.54) is 24.0 Å². The number of aliphatic hydroxyl groups is 1. The molecule has 2 rings (SSSR count). The third-order valence-corrected chi connectivity index (χ3v) is 3.74. The smallest absolute Gasteiger partial charge is 0.220 e. The molecular weight excluding hydrogens is 238 g/mol. The predicted molar refractivity (Wildman–Crippen MR) is 75.9 cm³/mol. The molecule has 1 aliphatic rings. The number of amides is 1. The van der Waals surface area contributed by atoms with Crippen molar-refractivity contribution in [3.8, 4) is 0 Å². The fraction of sp³-hybridized carbons (Fsp3) is 0.562. The average molecular weight is 261 g/mol. The van der Waals surface area contributed by atoms with Crippen LogP contribution in [-0.2, 0) is 11.2 Å². The van der Waals surface area contributed by atoms with Gasteiger partial charge in [-0.1, -0.05) is 29.8 Å². The standard InChI is InChI=1S/C16H23NO2/c1-12-2-4-13(5-3-12)6-9-16(19)17-15(10-11-18)14-7-8-14/h2-5,14-15,18H,6-11H2,1H3,(H,17,19). The topological polar surface area (TPSA) is 49.3 Å². The molecule has 1 amide bonds. The molecule has 1 aliphatic carbocycles. The first-order valence-electron chi connectivity index (χ1n) is 7.15. The fourth-order valence-corrected chi connectivity index (χ4v) is 2.35. The summed E-state index contributed by atoms with van der Waals surface area (Å²) in [5.41, 5.74) is 2.44. The van der Waals surface area contributed by atoms with E-state index in [2.05, 4.69) is 36.5 Å². The number of rotatable bonds is 7. The minimum Gasteiger partial charge on any atom is -0.396 e. The minimum atomic E-state index is 0.103. The van der Waals surface area contributed by atoms with Crippen LogP contribution in [0.15, 0.2) is 24.3 Å². The van der Waals surface area contributed by atoms with Crippen molar-refractivity contribution in [1.29, 1.82) is 0 Å². The Balaban J connectivity index is 1.75. The first-order valence-corrected chi connectivity index (χ1v) is 7.15. The van der Waals surface area contributed by atoms with Crippen LogP contribution in [0.1, 0.15) is 36.8 Å².